The number of aliphatic carboxylic acids is 1. The highest BCUT2D eigenvalue weighted by atomic mass is 35.5. The molecule has 0 amide bonds. The molecule has 0 saturated carbocycles. The Balaban J connectivity index is 1.91. The van der Waals surface area contributed by atoms with Crippen molar-refractivity contribution in [3.63, 3.8) is 0 Å². The first-order chi connectivity index (χ1) is 9.63. The van der Waals surface area contributed by atoms with Gasteiger partial charge in [0.25, 0.3) is 0 Å². The zero-order valence-electron chi connectivity index (χ0n) is 10.6. The van der Waals surface area contributed by atoms with Crippen molar-refractivity contribution in [3.05, 3.63) is 59.1 Å². The molecule has 0 fully saturated rings. The lowest BCUT2D eigenvalue weighted by Gasteiger charge is -2.04. The normalized spacial score (nSPS) is 10.4. The van der Waals surface area contributed by atoms with Gasteiger partial charge in [-0.25, -0.2) is 0 Å². The van der Waals surface area contributed by atoms with Crippen LogP contribution in [0.4, 0.5) is 0 Å². The molecule has 0 unspecified atom stereocenters. The molecule has 0 radical (unpaired) electrons. The Morgan fingerprint density at radius 3 is 2.10 bits per heavy atom. The molecule has 5 heteroatoms. The minimum Gasteiger partial charge on any atom is -0.481 e. The number of hydrogen-bond donors (Lipinski definition) is 1. The van der Waals surface area contributed by atoms with Crippen LogP contribution in [-0.2, 0) is 10.5 Å². The van der Waals surface area contributed by atoms with Crippen molar-refractivity contribution >= 4 is 41.1 Å². The number of carboxylic acid groups (broad SMARTS) is 1. The third-order valence-electron chi connectivity index (χ3n) is 2.47. The van der Waals surface area contributed by atoms with Gasteiger partial charge in [0, 0.05) is 20.6 Å². The van der Waals surface area contributed by atoms with E-state index < -0.39 is 5.97 Å². The summed E-state index contributed by atoms with van der Waals surface area (Å²) in [6, 6.07) is 15.9. The molecule has 0 bridgehead atoms. The molecule has 0 saturated heterocycles. The van der Waals surface area contributed by atoms with Crippen molar-refractivity contribution in [2.45, 2.75) is 15.5 Å². The largest absolute Gasteiger partial charge is 0.481 e. The minimum atomic E-state index is -0.773. The van der Waals surface area contributed by atoms with E-state index in [9.17, 15) is 4.79 Å². The first-order valence-electron chi connectivity index (χ1n) is 5.95. The molecule has 2 rings (SSSR count). The van der Waals surface area contributed by atoms with Gasteiger partial charge < -0.3 is 5.11 Å². The molecule has 20 heavy (non-hydrogen) atoms. The average molecular weight is 325 g/mol. The first-order valence-corrected chi connectivity index (χ1v) is 8.30. The first kappa shape index (κ1) is 15.3. The molecule has 0 aliphatic rings. The van der Waals surface area contributed by atoms with Crippen molar-refractivity contribution in [3.8, 4) is 0 Å². The maximum Gasteiger partial charge on any atom is 0.313 e. The summed E-state index contributed by atoms with van der Waals surface area (Å²) in [6.45, 7) is 0. The lowest BCUT2D eigenvalue weighted by atomic mass is 10.2. The maximum absolute atomic E-state index is 10.4. The van der Waals surface area contributed by atoms with E-state index in [1.54, 1.807) is 11.8 Å². The summed E-state index contributed by atoms with van der Waals surface area (Å²) in [4.78, 5) is 12.7. The molecule has 104 valence electrons. The highest BCUT2D eigenvalue weighted by molar-refractivity contribution is 7.99. The molecule has 0 aliphatic carbocycles. The Kier molecular flexibility index (Phi) is 5.83. The SMILES string of the molecule is O=C(O)CSCc1ccc(Sc2ccc(Cl)cc2)cc1. The topological polar surface area (TPSA) is 37.3 Å². The van der Waals surface area contributed by atoms with Gasteiger partial charge in [0.05, 0.1) is 5.75 Å². The lowest BCUT2D eigenvalue weighted by Crippen LogP contribution is -1.98. The molecule has 0 spiro atoms. The third-order valence-corrected chi connectivity index (χ3v) is 4.72. The molecule has 0 heterocycles. The van der Waals surface area contributed by atoms with Gasteiger partial charge in [0.2, 0.25) is 0 Å². The zero-order valence-corrected chi connectivity index (χ0v) is 13.0. The fourth-order valence-corrected chi connectivity index (χ4v) is 3.20. The van der Waals surface area contributed by atoms with Gasteiger partial charge in [-0.3, -0.25) is 4.79 Å². The predicted molar refractivity (Wildman–Crippen MR) is 85.8 cm³/mol. The predicted octanol–water partition coefficient (Wildman–Crippen LogP) is 4.81. The van der Waals surface area contributed by atoms with Crippen LogP contribution in [0.2, 0.25) is 5.02 Å². The smallest absolute Gasteiger partial charge is 0.313 e. The summed E-state index contributed by atoms with van der Waals surface area (Å²) >= 11 is 8.93. The fraction of sp³-hybridized carbons (Fsp3) is 0.133. The molecule has 0 atom stereocenters. The zero-order chi connectivity index (χ0) is 14.4. The highest BCUT2D eigenvalue weighted by Gasteiger charge is 2.01. The minimum absolute atomic E-state index is 0.140. The molecule has 2 aromatic carbocycles. The quantitative estimate of drug-likeness (QED) is 0.827. The van der Waals surface area contributed by atoms with Crippen LogP contribution in [-0.4, -0.2) is 16.8 Å². The second kappa shape index (κ2) is 7.62. The number of benzene rings is 2. The van der Waals surface area contributed by atoms with Crippen LogP contribution in [0.1, 0.15) is 5.56 Å². The molecule has 2 nitrogen and oxygen atoms in total. The number of carbonyl (C=O) groups is 1. The molecule has 1 N–H and O–H groups in total. The molecule has 2 aromatic rings. The summed E-state index contributed by atoms with van der Waals surface area (Å²) in [6.07, 6.45) is 0. The molecular weight excluding hydrogens is 312 g/mol. The molecular formula is C15H13ClO2S2. The van der Waals surface area contributed by atoms with Crippen LogP contribution in [0.15, 0.2) is 58.3 Å². The number of hydrogen-bond acceptors (Lipinski definition) is 3. The van der Waals surface area contributed by atoms with Gasteiger partial charge in [-0.05, 0) is 42.0 Å². The Bertz CT molecular complexity index is 567. The van der Waals surface area contributed by atoms with Crippen molar-refractivity contribution in [1.29, 1.82) is 0 Å². The monoisotopic (exact) mass is 324 g/mol. The number of thioether (sulfide) groups is 1. The number of carboxylic acids is 1. The van der Waals surface area contributed by atoms with Crippen molar-refractivity contribution in [1.82, 2.24) is 0 Å². The Morgan fingerprint density at radius 2 is 1.55 bits per heavy atom. The fourth-order valence-electron chi connectivity index (χ4n) is 1.55. The second-order valence-electron chi connectivity index (χ2n) is 4.09. The Morgan fingerprint density at radius 1 is 1.00 bits per heavy atom. The maximum atomic E-state index is 10.4. The highest BCUT2D eigenvalue weighted by Crippen LogP contribution is 2.29. The van der Waals surface area contributed by atoms with Crippen molar-refractivity contribution in [2.75, 3.05) is 5.75 Å². The Labute approximate surface area is 131 Å². The summed E-state index contributed by atoms with van der Waals surface area (Å²) in [5.74, 6) is 0.0874. The van der Waals surface area contributed by atoms with E-state index in [2.05, 4.69) is 12.1 Å². The van der Waals surface area contributed by atoms with E-state index >= 15 is 0 Å². The number of halogens is 1. The summed E-state index contributed by atoms with van der Waals surface area (Å²) in [7, 11) is 0. The second-order valence-corrected chi connectivity index (χ2v) is 6.66. The average Bonchev–Trinajstić information content (AvgIpc) is 2.43. The van der Waals surface area contributed by atoms with Crippen molar-refractivity contribution in [2.24, 2.45) is 0 Å². The van der Waals surface area contributed by atoms with E-state index in [4.69, 9.17) is 16.7 Å². The summed E-state index contributed by atoms with van der Waals surface area (Å²) in [5, 5.41) is 9.32. The van der Waals surface area contributed by atoms with Crippen LogP contribution in [0.3, 0.4) is 0 Å². The van der Waals surface area contributed by atoms with E-state index in [1.165, 1.54) is 11.8 Å². The van der Waals surface area contributed by atoms with E-state index in [0.717, 1.165) is 26.1 Å². The van der Waals surface area contributed by atoms with Crippen LogP contribution in [0, 0.1) is 0 Å². The standard InChI is InChI=1S/C15H13ClO2S2/c16-12-3-7-14(8-4-12)20-13-5-1-11(2-6-13)9-19-10-15(17)18/h1-8H,9-10H2,(H,17,18). The van der Waals surface area contributed by atoms with Gasteiger partial charge in [0.15, 0.2) is 0 Å². The van der Waals surface area contributed by atoms with E-state index in [1.807, 2.05) is 36.4 Å². The molecule has 0 aromatic heterocycles. The lowest BCUT2D eigenvalue weighted by molar-refractivity contribution is -0.133. The van der Waals surface area contributed by atoms with E-state index in [0.29, 0.717) is 0 Å². The van der Waals surface area contributed by atoms with Crippen LogP contribution in [0.5, 0.6) is 0 Å². The summed E-state index contributed by atoms with van der Waals surface area (Å²) < 4.78 is 0. The van der Waals surface area contributed by atoms with Crippen LogP contribution < -0.4 is 0 Å². The number of rotatable bonds is 6. The molecule has 0 aliphatic heterocycles. The van der Waals surface area contributed by atoms with Crippen LogP contribution in [0.25, 0.3) is 0 Å². The van der Waals surface area contributed by atoms with Crippen molar-refractivity contribution < 1.29 is 9.90 Å². The Hall–Kier alpha value is -1.10. The van der Waals surface area contributed by atoms with Gasteiger partial charge >= 0.3 is 5.97 Å². The van der Waals surface area contributed by atoms with Gasteiger partial charge in [-0.15, -0.1) is 11.8 Å². The third kappa shape index (κ3) is 5.12. The van der Waals surface area contributed by atoms with E-state index in [-0.39, 0.29) is 5.75 Å². The van der Waals surface area contributed by atoms with Gasteiger partial charge in [-0.1, -0.05) is 35.5 Å². The summed E-state index contributed by atoms with van der Waals surface area (Å²) in [5.41, 5.74) is 1.14. The van der Waals surface area contributed by atoms with Gasteiger partial charge in [0.1, 0.15) is 0 Å². The van der Waals surface area contributed by atoms with Gasteiger partial charge in [-0.2, -0.15) is 0 Å². The van der Waals surface area contributed by atoms with Crippen LogP contribution >= 0.6 is 35.1 Å².